The highest BCUT2D eigenvalue weighted by molar-refractivity contribution is 7.92. The molecular weight excluding hydrogens is 507 g/mol. The molecule has 0 amide bonds. The van der Waals surface area contributed by atoms with Crippen molar-refractivity contribution >= 4 is 27.8 Å². The van der Waals surface area contributed by atoms with Gasteiger partial charge in [0.2, 0.25) is 0 Å². The molecule has 10 heteroatoms. The first-order chi connectivity index (χ1) is 17.3. The molecule has 6 nitrogen and oxygen atoms in total. The molecule has 2 aromatic carbocycles. The number of nitrogens with zero attached hydrogens (tertiary/aromatic N) is 1. The number of halogens is 3. The molecule has 1 heterocycles. The van der Waals surface area contributed by atoms with Crippen molar-refractivity contribution in [2.75, 3.05) is 10.8 Å². The van der Waals surface area contributed by atoms with E-state index in [1.54, 1.807) is 12.1 Å². The highest BCUT2D eigenvalue weighted by atomic mass is 32.2. The molecule has 1 aliphatic heterocycles. The summed E-state index contributed by atoms with van der Waals surface area (Å²) in [6.45, 7) is 4.18. The average molecular weight is 538 g/mol. The fourth-order valence-corrected chi connectivity index (χ4v) is 6.77. The van der Waals surface area contributed by atoms with E-state index in [9.17, 15) is 26.4 Å². The van der Waals surface area contributed by atoms with Crippen LogP contribution in [0.5, 0.6) is 5.75 Å². The third-order valence-corrected chi connectivity index (χ3v) is 8.52. The predicted molar refractivity (Wildman–Crippen MR) is 134 cm³/mol. The Morgan fingerprint density at radius 3 is 2.49 bits per heavy atom. The Morgan fingerprint density at radius 2 is 1.84 bits per heavy atom. The van der Waals surface area contributed by atoms with Crippen molar-refractivity contribution in [2.45, 2.75) is 63.1 Å². The van der Waals surface area contributed by atoms with Crippen LogP contribution in [-0.2, 0) is 21.0 Å². The first-order valence-electron chi connectivity index (χ1n) is 12.2. The number of hydrogen-bond acceptors (Lipinski definition) is 4. The minimum atomic E-state index is -4.70. The molecule has 2 aromatic rings. The van der Waals surface area contributed by atoms with Gasteiger partial charge in [0.15, 0.2) is 0 Å². The van der Waals surface area contributed by atoms with Crippen LogP contribution in [0.3, 0.4) is 0 Å². The van der Waals surface area contributed by atoms with Crippen molar-refractivity contribution in [3.05, 3.63) is 59.2 Å². The Bertz CT molecular complexity index is 1290. The van der Waals surface area contributed by atoms with Gasteiger partial charge >= 0.3 is 12.1 Å². The molecule has 3 atom stereocenters. The number of carboxylic acid groups (broad SMARTS) is 1. The second kappa shape index (κ2) is 10.4. The van der Waals surface area contributed by atoms with Crippen molar-refractivity contribution in [1.29, 1.82) is 0 Å². The van der Waals surface area contributed by atoms with Crippen molar-refractivity contribution in [3.8, 4) is 5.75 Å². The maximum atomic E-state index is 13.7. The van der Waals surface area contributed by atoms with Gasteiger partial charge in [-0.2, -0.15) is 13.2 Å². The minimum Gasteiger partial charge on any atom is -0.486 e. The van der Waals surface area contributed by atoms with Gasteiger partial charge in [0.25, 0.3) is 10.0 Å². The van der Waals surface area contributed by atoms with Gasteiger partial charge in [-0.1, -0.05) is 37.6 Å². The zero-order valence-electron chi connectivity index (χ0n) is 20.7. The Hall–Kier alpha value is -3.01. The monoisotopic (exact) mass is 537 g/mol. The number of benzene rings is 2. The molecule has 37 heavy (non-hydrogen) atoms. The largest absolute Gasteiger partial charge is 0.486 e. The third-order valence-electron chi connectivity index (χ3n) is 6.74. The summed E-state index contributed by atoms with van der Waals surface area (Å²) in [7, 11) is -4.41. The maximum absolute atomic E-state index is 13.7. The van der Waals surface area contributed by atoms with E-state index in [1.165, 1.54) is 5.57 Å². The third kappa shape index (κ3) is 6.29. The van der Waals surface area contributed by atoms with Gasteiger partial charge in [0.1, 0.15) is 11.9 Å². The number of carboxylic acids is 1. The van der Waals surface area contributed by atoms with Crippen LogP contribution in [0.2, 0.25) is 0 Å². The van der Waals surface area contributed by atoms with Gasteiger partial charge in [0.05, 0.1) is 22.7 Å². The zero-order valence-corrected chi connectivity index (χ0v) is 21.5. The van der Waals surface area contributed by atoms with Crippen molar-refractivity contribution in [3.63, 3.8) is 0 Å². The van der Waals surface area contributed by atoms with Crippen LogP contribution >= 0.6 is 0 Å². The number of aliphatic carboxylic acids is 1. The number of sulfonamides is 1. The number of allylic oxidation sites excluding steroid dienone is 1. The number of ether oxygens (including phenoxy) is 1. The van der Waals surface area contributed by atoms with E-state index in [0.29, 0.717) is 17.9 Å². The van der Waals surface area contributed by atoms with Crippen LogP contribution in [0.15, 0.2) is 52.9 Å². The van der Waals surface area contributed by atoms with E-state index in [2.05, 4.69) is 13.8 Å². The van der Waals surface area contributed by atoms with Gasteiger partial charge in [-0.05, 0) is 73.4 Å². The lowest BCUT2D eigenvalue weighted by atomic mass is 9.80. The first kappa shape index (κ1) is 27.0. The number of carbonyl (C=O) groups is 1. The van der Waals surface area contributed by atoms with E-state index in [4.69, 9.17) is 9.84 Å². The summed E-state index contributed by atoms with van der Waals surface area (Å²) in [5.41, 5.74) is 1.18. The van der Waals surface area contributed by atoms with Crippen LogP contribution in [0.4, 0.5) is 18.9 Å². The zero-order chi connectivity index (χ0) is 27.0. The molecule has 0 unspecified atom stereocenters. The summed E-state index contributed by atoms with van der Waals surface area (Å²) in [6, 6.07) is 8.74. The smallest absolute Gasteiger partial charge is 0.416 e. The van der Waals surface area contributed by atoms with Crippen LogP contribution in [0, 0.1) is 11.8 Å². The van der Waals surface area contributed by atoms with Crippen molar-refractivity contribution < 1.29 is 36.2 Å². The van der Waals surface area contributed by atoms with E-state index in [0.717, 1.165) is 47.3 Å². The molecule has 1 saturated carbocycles. The first-order valence-corrected chi connectivity index (χ1v) is 13.7. The molecule has 1 aliphatic carbocycles. The van der Waals surface area contributed by atoms with Crippen LogP contribution in [-0.4, -0.2) is 32.1 Å². The Balaban J connectivity index is 1.75. The predicted octanol–water partition coefficient (Wildman–Crippen LogP) is 6.37. The van der Waals surface area contributed by atoms with Crippen LogP contribution in [0.1, 0.15) is 57.1 Å². The lowest BCUT2D eigenvalue weighted by Gasteiger charge is -2.35. The fraction of sp³-hybridized carbons (Fsp3) is 0.444. The van der Waals surface area contributed by atoms with Crippen molar-refractivity contribution in [1.82, 2.24) is 0 Å². The van der Waals surface area contributed by atoms with E-state index in [-0.39, 0.29) is 30.8 Å². The molecule has 1 N–H and O–H groups in total. The Labute approximate surface area is 214 Å². The molecule has 0 aromatic heterocycles. The van der Waals surface area contributed by atoms with Gasteiger partial charge in [-0.15, -0.1) is 0 Å². The van der Waals surface area contributed by atoms with Gasteiger partial charge in [-0.25, -0.2) is 8.42 Å². The molecule has 2 aliphatic rings. The summed E-state index contributed by atoms with van der Waals surface area (Å²) in [5, 5.41) is 9.08. The number of rotatable bonds is 6. The summed E-state index contributed by atoms with van der Waals surface area (Å²) in [5.74, 6) is 0.275. The minimum absolute atomic E-state index is 0.0466. The lowest BCUT2D eigenvalue weighted by Crippen LogP contribution is -2.43. The van der Waals surface area contributed by atoms with Gasteiger partial charge in [-0.3, -0.25) is 9.10 Å². The second-order valence-corrected chi connectivity index (χ2v) is 12.0. The SMILES string of the molecule is C[C@@H]1C/C(=C\c2ccc3c(c2)N(S(=O)(=O)c2cccc(C(F)(F)F)c2)C[C@H](CCC(=O)O)O3)C[C@H](C)C1. The number of alkyl halides is 3. The maximum Gasteiger partial charge on any atom is 0.416 e. The molecule has 4 rings (SSSR count). The molecular formula is C27H30F3NO5S. The quantitative estimate of drug-likeness (QED) is 0.463. The summed E-state index contributed by atoms with van der Waals surface area (Å²) < 4.78 is 74.3. The molecule has 0 spiro atoms. The Kier molecular flexibility index (Phi) is 7.60. The van der Waals surface area contributed by atoms with Crippen LogP contribution < -0.4 is 9.04 Å². The normalized spacial score (nSPS) is 23.4. The molecule has 1 fully saturated rings. The summed E-state index contributed by atoms with van der Waals surface area (Å²) >= 11 is 0. The number of hydrogen-bond donors (Lipinski definition) is 1. The second-order valence-electron chi connectivity index (χ2n) is 10.1. The topological polar surface area (TPSA) is 83.9 Å². The van der Waals surface area contributed by atoms with E-state index < -0.39 is 38.7 Å². The highest BCUT2D eigenvalue weighted by Crippen LogP contribution is 2.41. The van der Waals surface area contributed by atoms with Crippen molar-refractivity contribution in [2.24, 2.45) is 11.8 Å². The lowest BCUT2D eigenvalue weighted by molar-refractivity contribution is -0.138. The molecule has 0 saturated heterocycles. The molecule has 200 valence electrons. The summed E-state index contributed by atoms with van der Waals surface area (Å²) in [4.78, 5) is 10.6. The van der Waals surface area contributed by atoms with E-state index >= 15 is 0 Å². The molecule has 0 radical (unpaired) electrons. The van der Waals surface area contributed by atoms with Gasteiger partial charge < -0.3 is 9.84 Å². The number of anilines is 1. The van der Waals surface area contributed by atoms with Crippen LogP contribution in [0.25, 0.3) is 6.08 Å². The fourth-order valence-electron chi connectivity index (χ4n) is 5.23. The van der Waals surface area contributed by atoms with Gasteiger partial charge in [0, 0.05) is 6.42 Å². The Morgan fingerprint density at radius 1 is 1.14 bits per heavy atom. The standard InChI is InChI=1S/C27H30F3NO5S/c1-17-10-18(2)12-20(11-17)13-19-6-8-25-24(14-19)31(16-22(36-25)7-9-26(32)33)37(34,35)23-5-3-4-21(15-23)27(28,29)30/h3-6,8,13-15,17-18,22H,7,9-12,16H2,1-2H3,(H,32,33)/b20-13-/t17-,18+,22+/m1/s1. The highest BCUT2D eigenvalue weighted by Gasteiger charge is 2.37. The summed E-state index contributed by atoms with van der Waals surface area (Å²) in [6.07, 6.45) is -0.583. The average Bonchev–Trinajstić information content (AvgIpc) is 2.81. The number of fused-ring (bicyclic) bond motifs is 1. The van der Waals surface area contributed by atoms with E-state index in [1.807, 2.05) is 12.1 Å². The molecule has 0 bridgehead atoms.